The maximum Gasteiger partial charge on any atom is 0.376 e. The van der Waals surface area contributed by atoms with Gasteiger partial charge in [-0.1, -0.05) is 60.5 Å². The first-order chi connectivity index (χ1) is 26.2. The van der Waals surface area contributed by atoms with Crippen LogP contribution in [0.1, 0.15) is 75.8 Å². The van der Waals surface area contributed by atoms with Gasteiger partial charge in [-0.3, -0.25) is 19.8 Å². The topological polar surface area (TPSA) is 99.4 Å². The standard InChI is InChI=1S/C22H28BN3O.C20H23BClN3O2/c1-4-17-15-18-6-5-9-24-21(18)22(19-8-7-16(2)14-20(17)19)25-10-12-26(13-11-25)23(3)27;1-21(27)25-9-7-24(8-10-25)20-17-5-4-16(22)12-18(17)15(13-26)11-14-3-2-6-23-19(14)20/h5-9,14-15,22,27H,4,10-13H2,1-3H3;2-6,11-12,20,26-27H,7-10,13H2,1H3. The summed E-state index contributed by atoms with van der Waals surface area (Å²) in [7, 11) is -0.810. The van der Waals surface area contributed by atoms with Crippen LogP contribution in [0.15, 0.2) is 73.1 Å². The highest BCUT2D eigenvalue weighted by Crippen LogP contribution is 2.42. The summed E-state index contributed by atoms with van der Waals surface area (Å²) in [5.74, 6) is 0. The molecule has 0 spiro atoms. The first kappa shape index (κ1) is 38.6. The fourth-order valence-electron chi connectivity index (χ4n) is 8.52. The Labute approximate surface area is 325 Å². The zero-order chi connectivity index (χ0) is 37.9. The number of rotatable bonds is 6. The van der Waals surface area contributed by atoms with Crippen LogP contribution in [0.3, 0.4) is 0 Å². The van der Waals surface area contributed by atoms with Crippen LogP contribution >= 0.6 is 11.6 Å². The van der Waals surface area contributed by atoms with Gasteiger partial charge in [-0.2, -0.15) is 0 Å². The normalized spacial score (nSPS) is 20.4. The number of piperazine rings is 2. The van der Waals surface area contributed by atoms with Crippen molar-refractivity contribution in [3.8, 4) is 0 Å². The fraction of sp³-hybridized carbons (Fsp3) is 0.381. The van der Waals surface area contributed by atoms with Gasteiger partial charge in [0.05, 0.1) is 30.1 Å². The molecular formula is C42H51B2ClN6O3. The quantitative estimate of drug-likeness (QED) is 0.210. The third-order valence-electron chi connectivity index (χ3n) is 11.5. The molecule has 2 saturated heterocycles. The van der Waals surface area contributed by atoms with E-state index in [4.69, 9.17) is 21.6 Å². The number of nitrogens with zero attached hydrogens (tertiary/aromatic N) is 6. The van der Waals surface area contributed by atoms with Gasteiger partial charge in [0.25, 0.3) is 0 Å². The number of halogens is 1. The molecule has 0 bridgehead atoms. The van der Waals surface area contributed by atoms with Crippen LogP contribution in [0.25, 0.3) is 23.3 Å². The van der Waals surface area contributed by atoms with Gasteiger partial charge in [-0.15, -0.1) is 0 Å². The van der Waals surface area contributed by atoms with E-state index in [0.717, 1.165) is 92.4 Å². The summed E-state index contributed by atoms with van der Waals surface area (Å²) in [5, 5.41) is 30.4. The van der Waals surface area contributed by atoms with Crippen molar-refractivity contribution >= 4 is 49.0 Å². The van der Waals surface area contributed by atoms with Gasteiger partial charge in [0, 0.05) is 69.8 Å². The van der Waals surface area contributed by atoms with Crippen LogP contribution < -0.4 is 0 Å². The lowest BCUT2D eigenvalue weighted by Crippen LogP contribution is -2.52. The number of aromatic nitrogens is 2. The molecule has 0 amide bonds. The Morgan fingerprint density at radius 3 is 1.65 bits per heavy atom. The predicted octanol–water partition coefficient (Wildman–Crippen LogP) is 5.87. The molecule has 3 N–H and O–H groups in total. The van der Waals surface area contributed by atoms with Gasteiger partial charge in [-0.05, 0) is 108 Å². The molecule has 54 heavy (non-hydrogen) atoms. The highest BCUT2D eigenvalue weighted by Gasteiger charge is 2.35. The van der Waals surface area contributed by atoms with Gasteiger partial charge in [0.15, 0.2) is 0 Å². The molecule has 280 valence electrons. The molecule has 0 radical (unpaired) electrons. The molecule has 2 aliphatic heterocycles. The lowest BCUT2D eigenvalue weighted by Gasteiger charge is -2.40. The van der Waals surface area contributed by atoms with E-state index in [-0.39, 0.29) is 25.7 Å². The van der Waals surface area contributed by atoms with Crippen LogP contribution in [0.4, 0.5) is 0 Å². The lowest BCUT2D eigenvalue weighted by atomic mass is 9.84. The zero-order valence-corrected chi connectivity index (χ0v) is 32.6. The lowest BCUT2D eigenvalue weighted by molar-refractivity contribution is 0.144. The Bertz CT molecular complexity index is 1870. The van der Waals surface area contributed by atoms with E-state index in [1.807, 2.05) is 62.4 Å². The number of hydrogen-bond donors (Lipinski definition) is 3. The maximum absolute atomic E-state index is 9.99. The number of aliphatic hydroxyl groups excluding tert-OH is 1. The number of benzene rings is 2. The third kappa shape index (κ3) is 8.01. The second kappa shape index (κ2) is 17.0. The van der Waals surface area contributed by atoms with Crippen molar-refractivity contribution in [1.82, 2.24) is 29.4 Å². The molecule has 4 aromatic rings. The molecular weight excluding hydrogens is 694 g/mol. The Morgan fingerprint density at radius 2 is 1.17 bits per heavy atom. The average molecular weight is 745 g/mol. The largest absolute Gasteiger partial charge is 0.437 e. The van der Waals surface area contributed by atoms with E-state index in [2.05, 4.69) is 69.7 Å². The molecule has 0 saturated carbocycles. The number of fused-ring (bicyclic) bond motifs is 4. The molecule has 2 aliphatic carbocycles. The molecule has 9 nitrogen and oxygen atoms in total. The van der Waals surface area contributed by atoms with Gasteiger partial charge in [0.1, 0.15) is 0 Å². The summed E-state index contributed by atoms with van der Waals surface area (Å²) in [6, 6.07) is 21.1. The Morgan fingerprint density at radius 1 is 0.685 bits per heavy atom. The molecule has 2 aromatic heterocycles. The minimum Gasteiger partial charge on any atom is -0.437 e. The second-order valence-electron chi connectivity index (χ2n) is 14.8. The van der Waals surface area contributed by atoms with Crippen molar-refractivity contribution in [2.75, 3.05) is 59.0 Å². The van der Waals surface area contributed by atoms with Crippen LogP contribution in [0, 0.1) is 6.92 Å². The molecule has 8 rings (SSSR count). The molecule has 2 aromatic carbocycles. The van der Waals surface area contributed by atoms with E-state index in [1.165, 1.54) is 27.8 Å². The summed E-state index contributed by atoms with van der Waals surface area (Å²) in [6.07, 6.45) is 9.09. The molecule has 2 fully saturated rings. The number of aliphatic hydroxyl groups is 1. The number of pyridine rings is 2. The van der Waals surface area contributed by atoms with Gasteiger partial charge < -0.3 is 24.8 Å². The first-order valence-electron chi connectivity index (χ1n) is 19.3. The van der Waals surface area contributed by atoms with Crippen LogP contribution in [-0.2, 0) is 0 Å². The van der Waals surface area contributed by atoms with E-state index in [9.17, 15) is 15.2 Å². The number of aryl methyl sites for hydroxylation is 1. The van der Waals surface area contributed by atoms with Crippen LogP contribution in [-0.4, -0.2) is 118 Å². The van der Waals surface area contributed by atoms with Gasteiger partial charge >= 0.3 is 14.1 Å². The summed E-state index contributed by atoms with van der Waals surface area (Å²) < 4.78 is 0. The predicted molar refractivity (Wildman–Crippen MR) is 222 cm³/mol. The average Bonchev–Trinajstić information content (AvgIpc) is 3.42. The number of hydrogen-bond acceptors (Lipinski definition) is 9. The Hall–Kier alpha value is -3.64. The SMILES string of the molecule is CB(O)N1CCN(C2c3ccc(Cl)cc3C(CO)=Cc3cccnc32)CC1.CCC1=Cc2cccnc2C(N2CCN(B(C)O)CC2)c2ccc(C)cc21. The van der Waals surface area contributed by atoms with Crippen molar-refractivity contribution in [1.29, 1.82) is 0 Å². The molecule has 2 atom stereocenters. The summed E-state index contributed by atoms with van der Waals surface area (Å²) in [6.45, 7) is 14.9. The zero-order valence-electron chi connectivity index (χ0n) is 31.9. The second-order valence-corrected chi connectivity index (χ2v) is 15.3. The minimum absolute atomic E-state index is 0.00934. The highest BCUT2D eigenvalue weighted by molar-refractivity contribution is 6.45. The smallest absolute Gasteiger partial charge is 0.376 e. The summed E-state index contributed by atoms with van der Waals surface area (Å²) in [5.41, 5.74) is 12.7. The van der Waals surface area contributed by atoms with Crippen molar-refractivity contribution in [3.05, 3.63) is 128 Å². The summed E-state index contributed by atoms with van der Waals surface area (Å²) in [4.78, 5) is 18.7. The molecule has 4 aliphatic rings. The fourth-order valence-corrected chi connectivity index (χ4v) is 8.69. The van der Waals surface area contributed by atoms with E-state index < -0.39 is 7.05 Å². The van der Waals surface area contributed by atoms with Gasteiger partial charge in [0.2, 0.25) is 0 Å². The molecule has 12 heteroatoms. The summed E-state index contributed by atoms with van der Waals surface area (Å²) >= 11 is 6.28. The van der Waals surface area contributed by atoms with E-state index in [0.29, 0.717) is 5.02 Å². The van der Waals surface area contributed by atoms with Crippen LogP contribution in [0.2, 0.25) is 18.7 Å². The number of allylic oxidation sites excluding steroid dienone is 1. The first-order valence-corrected chi connectivity index (χ1v) is 19.7. The van der Waals surface area contributed by atoms with Crippen molar-refractivity contribution in [2.24, 2.45) is 0 Å². The van der Waals surface area contributed by atoms with Crippen LogP contribution in [0.5, 0.6) is 0 Å². The monoisotopic (exact) mass is 744 g/mol. The molecule has 4 heterocycles. The van der Waals surface area contributed by atoms with Crippen molar-refractivity contribution < 1.29 is 15.2 Å². The van der Waals surface area contributed by atoms with Gasteiger partial charge in [-0.25, -0.2) is 0 Å². The Kier molecular flexibility index (Phi) is 12.2. The third-order valence-corrected chi connectivity index (χ3v) is 11.7. The molecule has 2 unspecified atom stereocenters. The highest BCUT2D eigenvalue weighted by atomic mass is 35.5. The van der Waals surface area contributed by atoms with E-state index >= 15 is 0 Å². The van der Waals surface area contributed by atoms with E-state index in [1.54, 1.807) is 0 Å². The minimum atomic E-state index is -0.430. The maximum atomic E-state index is 9.99. The van der Waals surface area contributed by atoms with Crippen molar-refractivity contribution in [2.45, 2.75) is 46.0 Å². The Balaban J connectivity index is 0.000000167. The van der Waals surface area contributed by atoms with Crippen molar-refractivity contribution in [3.63, 3.8) is 0 Å².